The summed E-state index contributed by atoms with van der Waals surface area (Å²) in [6, 6.07) is 12.1. The second-order valence-electron chi connectivity index (χ2n) is 8.46. The van der Waals surface area contributed by atoms with Gasteiger partial charge >= 0.3 is 0 Å². The fourth-order valence-electron chi connectivity index (χ4n) is 4.11. The molecule has 3 N–H and O–H groups in total. The molecule has 0 saturated heterocycles. The summed E-state index contributed by atoms with van der Waals surface area (Å²) in [5.74, 6) is -0.881. The van der Waals surface area contributed by atoms with Crippen LogP contribution in [0, 0.1) is 17.1 Å². The number of ether oxygens (including phenoxy) is 1. The summed E-state index contributed by atoms with van der Waals surface area (Å²) in [4.78, 5) is 23.5. The second kappa shape index (κ2) is 12.5. The van der Waals surface area contributed by atoms with Gasteiger partial charge in [-0.1, -0.05) is 23.7 Å². The van der Waals surface area contributed by atoms with Gasteiger partial charge < -0.3 is 25.6 Å². The number of amides is 1. The SMILES string of the molecule is COCCN1CCc2ccc(Nc3ncc(Cl)c(Nc4c(F)cccc4C(=O)NCC#N)n3)cc2CC1. The number of aromatic nitrogens is 2. The quantitative estimate of drug-likeness (QED) is 0.360. The van der Waals surface area contributed by atoms with Crippen LogP contribution in [0.1, 0.15) is 21.5 Å². The third-order valence-corrected chi connectivity index (χ3v) is 6.32. The molecular weight excluding hydrogens is 497 g/mol. The molecule has 2 heterocycles. The van der Waals surface area contributed by atoms with Gasteiger partial charge in [0.25, 0.3) is 5.91 Å². The molecule has 0 radical (unpaired) electrons. The van der Waals surface area contributed by atoms with E-state index in [-0.39, 0.29) is 34.6 Å². The van der Waals surface area contributed by atoms with Crippen molar-refractivity contribution >= 4 is 40.6 Å². The number of para-hydroxylation sites is 1. The average molecular weight is 524 g/mol. The van der Waals surface area contributed by atoms with Gasteiger partial charge in [0.2, 0.25) is 5.95 Å². The van der Waals surface area contributed by atoms with Gasteiger partial charge in [-0.2, -0.15) is 10.2 Å². The standard InChI is InChI=1S/C26H27ClFN7O2/c1-37-14-13-35-11-7-17-5-6-19(15-18(17)8-12-35)32-26-31-16-21(27)24(34-26)33-23-20(3-2-4-22(23)28)25(36)30-10-9-29/h2-6,15-16H,7-8,10-14H2,1H3,(H,30,36)(H2,31,32,33,34). The van der Waals surface area contributed by atoms with E-state index >= 15 is 0 Å². The average Bonchev–Trinajstić information content (AvgIpc) is 3.11. The number of anilines is 4. The van der Waals surface area contributed by atoms with E-state index < -0.39 is 11.7 Å². The molecule has 0 saturated carbocycles. The third-order valence-electron chi connectivity index (χ3n) is 6.04. The molecule has 192 valence electrons. The molecular formula is C26H27ClFN7O2. The molecule has 0 fully saturated rings. The lowest BCUT2D eigenvalue weighted by atomic mass is 10.0. The van der Waals surface area contributed by atoms with Crippen LogP contribution in [0.5, 0.6) is 0 Å². The van der Waals surface area contributed by atoms with Gasteiger partial charge in [0.05, 0.1) is 30.1 Å². The Morgan fingerprint density at radius 2 is 2.03 bits per heavy atom. The highest BCUT2D eigenvalue weighted by Crippen LogP contribution is 2.29. The van der Waals surface area contributed by atoms with E-state index in [4.69, 9.17) is 21.6 Å². The molecule has 0 atom stereocenters. The molecule has 0 aliphatic carbocycles. The second-order valence-corrected chi connectivity index (χ2v) is 8.87. The van der Waals surface area contributed by atoms with E-state index in [0.717, 1.165) is 38.2 Å². The number of hydrogen-bond acceptors (Lipinski definition) is 8. The van der Waals surface area contributed by atoms with Crippen LogP contribution in [0.2, 0.25) is 5.02 Å². The van der Waals surface area contributed by atoms with Gasteiger partial charge in [0.15, 0.2) is 5.82 Å². The number of nitrogens with zero attached hydrogens (tertiary/aromatic N) is 4. The van der Waals surface area contributed by atoms with Crippen molar-refractivity contribution < 1.29 is 13.9 Å². The molecule has 1 aliphatic heterocycles. The predicted octanol–water partition coefficient (Wildman–Crippen LogP) is 4.06. The molecule has 1 aliphatic rings. The first-order valence-corrected chi connectivity index (χ1v) is 12.2. The summed E-state index contributed by atoms with van der Waals surface area (Å²) >= 11 is 6.28. The normalized spacial score (nSPS) is 13.2. The summed E-state index contributed by atoms with van der Waals surface area (Å²) < 4.78 is 19.9. The topological polar surface area (TPSA) is 115 Å². The Labute approximate surface area is 219 Å². The highest BCUT2D eigenvalue weighted by Gasteiger charge is 2.18. The monoisotopic (exact) mass is 523 g/mol. The maximum atomic E-state index is 14.7. The number of methoxy groups -OCH3 is 1. The Morgan fingerprint density at radius 1 is 1.22 bits per heavy atom. The van der Waals surface area contributed by atoms with Crippen molar-refractivity contribution in [1.29, 1.82) is 5.26 Å². The van der Waals surface area contributed by atoms with Crippen molar-refractivity contribution in [2.45, 2.75) is 12.8 Å². The zero-order valence-corrected chi connectivity index (χ0v) is 21.1. The summed E-state index contributed by atoms with van der Waals surface area (Å²) in [5.41, 5.74) is 3.31. The van der Waals surface area contributed by atoms with Crippen LogP contribution in [0.4, 0.5) is 27.5 Å². The van der Waals surface area contributed by atoms with Crippen LogP contribution in [-0.2, 0) is 17.6 Å². The Balaban J connectivity index is 1.52. The van der Waals surface area contributed by atoms with Crippen molar-refractivity contribution in [3.8, 4) is 6.07 Å². The molecule has 4 rings (SSSR count). The first-order valence-electron chi connectivity index (χ1n) is 11.8. The molecule has 2 aromatic carbocycles. The van der Waals surface area contributed by atoms with Gasteiger partial charge in [-0.25, -0.2) is 9.37 Å². The van der Waals surface area contributed by atoms with Crippen LogP contribution in [0.15, 0.2) is 42.6 Å². The zero-order valence-electron chi connectivity index (χ0n) is 20.4. The summed E-state index contributed by atoms with van der Waals surface area (Å²) in [7, 11) is 1.72. The molecule has 9 nitrogen and oxygen atoms in total. The van der Waals surface area contributed by atoms with E-state index in [2.05, 4.69) is 43.0 Å². The van der Waals surface area contributed by atoms with Crippen LogP contribution < -0.4 is 16.0 Å². The molecule has 1 amide bonds. The molecule has 0 spiro atoms. The fourth-order valence-corrected chi connectivity index (χ4v) is 4.25. The first kappa shape index (κ1) is 26.3. The smallest absolute Gasteiger partial charge is 0.254 e. The number of halogens is 2. The predicted molar refractivity (Wildman–Crippen MR) is 140 cm³/mol. The molecule has 1 aromatic heterocycles. The number of carbonyl (C=O) groups is 1. The van der Waals surface area contributed by atoms with Crippen molar-refractivity contribution in [2.24, 2.45) is 0 Å². The number of fused-ring (bicyclic) bond motifs is 1. The number of nitrogens with one attached hydrogen (secondary N) is 3. The van der Waals surface area contributed by atoms with E-state index in [1.54, 1.807) is 7.11 Å². The van der Waals surface area contributed by atoms with Crippen LogP contribution in [-0.4, -0.2) is 60.7 Å². The van der Waals surface area contributed by atoms with E-state index in [1.165, 1.54) is 35.5 Å². The lowest BCUT2D eigenvalue weighted by molar-refractivity contribution is 0.0959. The highest BCUT2D eigenvalue weighted by molar-refractivity contribution is 6.33. The van der Waals surface area contributed by atoms with Crippen LogP contribution in [0.3, 0.4) is 0 Å². The van der Waals surface area contributed by atoms with Gasteiger partial charge in [-0.3, -0.25) is 4.79 Å². The van der Waals surface area contributed by atoms with Crippen molar-refractivity contribution in [1.82, 2.24) is 20.2 Å². The van der Waals surface area contributed by atoms with Crippen molar-refractivity contribution in [3.05, 3.63) is 70.1 Å². The lowest BCUT2D eigenvalue weighted by Crippen LogP contribution is -2.29. The molecule has 0 unspecified atom stereocenters. The van der Waals surface area contributed by atoms with E-state index in [9.17, 15) is 9.18 Å². The number of carbonyl (C=O) groups excluding carboxylic acids is 1. The maximum Gasteiger partial charge on any atom is 0.254 e. The molecule has 0 bridgehead atoms. The van der Waals surface area contributed by atoms with Gasteiger partial charge in [-0.05, 0) is 48.2 Å². The summed E-state index contributed by atoms with van der Waals surface area (Å²) in [5, 5.41) is 17.3. The minimum absolute atomic E-state index is 0.0183. The molecule has 37 heavy (non-hydrogen) atoms. The van der Waals surface area contributed by atoms with Crippen molar-refractivity contribution in [2.75, 3.05) is 50.5 Å². The van der Waals surface area contributed by atoms with Crippen molar-refractivity contribution in [3.63, 3.8) is 0 Å². The third kappa shape index (κ3) is 6.71. The summed E-state index contributed by atoms with van der Waals surface area (Å²) in [6.07, 6.45) is 3.29. The fraction of sp³-hybridized carbons (Fsp3) is 0.308. The minimum Gasteiger partial charge on any atom is -0.383 e. The van der Waals surface area contributed by atoms with E-state index in [0.29, 0.717) is 6.61 Å². The van der Waals surface area contributed by atoms with Gasteiger partial charge in [0.1, 0.15) is 17.4 Å². The van der Waals surface area contributed by atoms with Gasteiger partial charge in [0, 0.05) is 32.4 Å². The zero-order chi connectivity index (χ0) is 26.2. The number of rotatable bonds is 9. The molecule has 11 heteroatoms. The summed E-state index contributed by atoms with van der Waals surface area (Å²) in [6.45, 7) is 3.37. The first-order chi connectivity index (χ1) is 18.0. The minimum atomic E-state index is -0.668. The van der Waals surface area contributed by atoms with Crippen LogP contribution in [0.25, 0.3) is 0 Å². The van der Waals surface area contributed by atoms with E-state index in [1.807, 2.05) is 12.1 Å². The Hall–Kier alpha value is -3.78. The maximum absolute atomic E-state index is 14.7. The number of hydrogen-bond donors (Lipinski definition) is 3. The van der Waals surface area contributed by atoms with Crippen LogP contribution >= 0.6 is 11.6 Å². The molecule has 3 aromatic rings. The number of benzene rings is 2. The Morgan fingerprint density at radius 3 is 2.81 bits per heavy atom. The van der Waals surface area contributed by atoms with Gasteiger partial charge in [-0.15, -0.1) is 0 Å². The Bertz CT molecular complexity index is 1310. The largest absolute Gasteiger partial charge is 0.383 e. The lowest BCUT2D eigenvalue weighted by Gasteiger charge is -2.18. The number of nitriles is 1. The Kier molecular flexibility index (Phi) is 8.85. The highest BCUT2D eigenvalue weighted by atomic mass is 35.5.